The summed E-state index contributed by atoms with van der Waals surface area (Å²) in [5.41, 5.74) is 2.75. The Morgan fingerprint density at radius 1 is 1.10 bits per heavy atom. The molecule has 5 heteroatoms. The molecule has 0 aliphatic heterocycles. The molecule has 0 saturated heterocycles. The molecular formula is C15H8BrClFNS. The minimum atomic E-state index is -0.417. The Morgan fingerprint density at radius 2 is 1.95 bits per heavy atom. The van der Waals surface area contributed by atoms with Gasteiger partial charge in [-0.05, 0) is 30.3 Å². The number of hydrogen-bond donors (Lipinski definition) is 0. The molecule has 0 atom stereocenters. The Balaban J connectivity index is 1.99. The summed E-state index contributed by atoms with van der Waals surface area (Å²) in [5.74, 6) is -0.417. The molecule has 20 heavy (non-hydrogen) atoms. The van der Waals surface area contributed by atoms with Gasteiger partial charge in [-0.15, -0.1) is 11.3 Å². The van der Waals surface area contributed by atoms with Crippen LogP contribution in [-0.2, 0) is 0 Å². The Hall–Kier alpha value is -1.23. The summed E-state index contributed by atoms with van der Waals surface area (Å²) < 4.78 is 14.2. The van der Waals surface area contributed by atoms with Crippen LogP contribution in [0.5, 0.6) is 0 Å². The van der Waals surface area contributed by atoms with E-state index in [0.29, 0.717) is 0 Å². The van der Waals surface area contributed by atoms with Crippen LogP contribution in [-0.4, -0.2) is 4.98 Å². The van der Waals surface area contributed by atoms with E-state index in [1.165, 1.54) is 17.4 Å². The average molecular weight is 369 g/mol. The molecule has 3 rings (SSSR count). The maximum atomic E-state index is 13.2. The number of aromatic nitrogens is 1. The van der Waals surface area contributed by atoms with Crippen molar-refractivity contribution in [1.29, 1.82) is 0 Å². The minimum absolute atomic E-state index is 0.113. The Morgan fingerprint density at radius 3 is 2.70 bits per heavy atom. The summed E-state index contributed by atoms with van der Waals surface area (Å²) in [5, 5.41) is 2.91. The predicted octanol–water partition coefficient (Wildman–Crippen LogP) is 6.03. The predicted molar refractivity (Wildman–Crippen MR) is 85.7 cm³/mol. The van der Waals surface area contributed by atoms with Crippen LogP contribution in [0.25, 0.3) is 21.8 Å². The lowest BCUT2D eigenvalue weighted by molar-refractivity contribution is 0.628. The van der Waals surface area contributed by atoms with E-state index in [1.54, 1.807) is 12.1 Å². The highest BCUT2D eigenvalue weighted by molar-refractivity contribution is 9.10. The molecule has 0 N–H and O–H groups in total. The monoisotopic (exact) mass is 367 g/mol. The van der Waals surface area contributed by atoms with Crippen molar-refractivity contribution in [3.8, 4) is 21.8 Å². The third-order valence-corrected chi connectivity index (χ3v) is 4.47. The van der Waals surface area contributed by atoms with Gasteiger partial charge in [0.25, 0.3) is 0 Å². The molecule has 2 aromatic carbocycles. The lowest BCUT2D eigenvalue weighted by atomic mass is 10.2. The number of halogens is 3. The highest BCUT2D eigenvalue weighted by atomic mass is 79.9. The van der Waals surface area contributed by atoms with E-state index in [4.69, 9.17) is 11.6 Å². The van der Waals surface area contributed by atoms with Crippen LogP contribution in [0.1, 0.15) is 0 Å². The average Bonchev–Trinajstić information content (AvgIpc) is 2.92. The van der Waals surface area contributed by atoms with E-state index in [1.807, 2.05) is 29.6 Å². The summed E-state index contributed by atoms with van der Waals surface area (Å²) in [6.45, 7) is 0. The maximum Gasteiger partial charge on any atom is 0.141 e. The molecule has 0 fully saturated rings. The summed E-state index contributed by atoms with van der Waals surface area (Å²) in [7, 11) is 0. The molecule has 0 unspecified atom stereocenters. The van der Waals surface area contributed by atoms with Crippen LogP contribution in [0.15, 0.2) is 52.3 Å². The molecule has 1 heterocycles. The van der Waals surface area contributed by atoms with Crippen molar-refractivity contribution in [3.05, 3.63) is 63.2 Å². The number of rotatable bonds is 2. The SMILES string of the molecule is Fc1ccc(-c2nc(-c3cccc(Br)c3)cs2)cc1Cl. The summed E-state index contributed by atoms with van der Waals surface area (Å²) in [6, 6.07) is 12.6. The zero-order valence-corrected chi connectivity index (χ0v) is 13.3. The van der Waals surface area contributed by atoms with Crippen LogP contribution in [0.3, 0.4) is 0 Å². The van der Waals surface area contributed by atoms with Gasteiger partial charge in [0, 0.05) is 21.0 Å². The molecule has 0 saturated carbocycles. The van der Waals surface area contributed by atoms with Crippen molar-refractivity contribution in [2.24, 2.45) is 0 Å². The van der Waals surface area contributed by atoms with E-state index in [0.717, 1.165) is 26.3 Å². The van der Waals surface area contributed by atoms with Gasteiger partial charge in [-0.2, -0.15) is 0 Å². The van der Waals surface area contributed by atoms with Crippen LogP contribution < -0.4 is 0 Å². The van der Waals surface area contributed by atoms with Crippen LogP contribution in [0.2, 0.25) is 5.02 Å². The normalized spacial score (nSPS) is 10.8. The fourth-order valence-electron chi connectivity index (χ4n) is 1.82. The molecule has 0 bridgehead atoms. The first-order chi connectivity index (χ1) is 9.63. The zero-order chi connectivity index (χ0) is 14.1. The standard InChI is InChI=1S/C15H8BrClFNS/c16-11-3-1-2-9(6-11)14-8-20-15(19-14)10-4-5-13(18)12(17)7-10/h1-8H. The van der Waals surface area contributed by atoms with Crippen molar-refractivity contribution in [2.45, 2.75) is 0 Å². The van der Waals surface area contributed by atoms with Crippen LogP contribution in [0, 0.1) is 5.82 Å². The van der Waals surface area contributed by atoms with E-state index in [2.05, 4.69) is 20.9 Å². The van der Waals surface area contributed by atoms with Gasteiger partial charge in [0.1, 0.15) is 10.8 Å². The van der Waals surface area contributed by atoms with Crippen molar-refractivity contribution in [1.82, 2.24) is 4.98 Å². The lowest BCUT2D eigenvalue weighted by Gasteiger charge is -1.99. The molecule has 100 valence electrons. The van der Waals surface area contributed by atoms with Gasteiger partial charge in [0.05, 0.1) is 10.7 Å². The Labute approximate surface area is 133 Å². The van der Waals surface area contributed by atoms with E-state index in [9.17, 15) is 4.39 Å². The largest absolute Gasteiger partial charge is 0.236 e. The Kier molecular flexibility index (Phi) is 3.87. The quantitative estimate of drug-likeness (QED) is 0.538. The van der Waals surface area contributed by atoms with E-state index < -0.39 is 5.82 Å². The molecule has 1 aromatic heterocycles. The van der Waals surface area contributed by atoms with Crippen molar-refractivity contribution < 1.29 is 4.39 Å². The number of nitrogens with zero attached hydrogens (tertiary/aromatic N) is 1. The molecule has 0 aliphatic rings. The lowest BCUT2D eigenvalue weighted by Crippen LogP contribution is -1.82. The summed E-state index contributed by atoms with van der Waals surface area (Å²) in [6.07, 6.45) is 0. The van der Waals surface area contributed by atoms with Gasteiger partial charge >= 0.3 is 0 Å². The third-order valence-electron chi connectivity index (χ3n) is 2.79. The second-order valence-electron chi connectivity index (χ2n) is 4.18. The van der Waals surface area contributed by atoms with Gasteiger partial charge in [-0.25, -0.2) is 9.37 Å². The van der Waals surface area contributed by atoms with Crippen LogP contribution >= 0.6 is 38.9 Å². The Bertz CT molecular complexity index is 772. The van der Waals surface area contributed by atoms with Crippen LogP contribution in [0.4, 0.5) is 4.39 Å². The maximum absolute atomic E-state index is 13.2. The van der Waals surface area contributed by atoms with Gasteiger partial charge in [0.2, 0.25) is 0 Å². The smallest absolute Gasteiger partial charge is 0.141 e. The third kappa shape index (κ3) is 2.77. The second-order valence-corrected chi connectivity index (χ2v) is 6.36. The van der Waals surface area contributed by atoms with Gasteiger partial charge < -0.3 is 0 Å². The number of benzene rings is 2. The molecule has 0 radical (unpaired) electrons. The van der Waals surface area contributed by atoms with Crippen molar-refractivity contribution >= 4 is 38.9 Å². The highest BCUT2D eigenvalue weighted by Gasteiger charge is 2.09. The van der Waals surface area contributed by atoms with E-state index in [-0.39, 0.29) is 5.02 Å². The number of hydrogen-bond acceptors (Lipinski definition) is 2. The van der Waals surface area contributed by atoms with Gasteiger partial charge in [-0.3, -0.25) is 0 Å². The first kappa shape index (κ1) is 13.7. The molecule has 3 aromatic rings. The summed E-state index contributed by atoms with van der Waals surface area (Å²) in [4.78, 5) is 4.58. The summed E-state index contributed by atoms with van der Waals surface area (Å²) >= 11 is 10.8. The second kappa shape index (κ2) is 5.64. The molecule has 0 aliphatic carbocycles. The zero-order valence-electron chi connectivity index (χ0n) is 10.1. The molecule has 0 amide bonds. The van der Waals surface area contributed by atoms with Crippen molar-refractivity contribution in [3.63, 3.8) is 0 Å². The molecular weight excluding hydrogens is 361 g/mol. The minimum Gasteiger partial charge on any atom is -0.236 e. The van der Waals surface area contributed by atoms with Gasteiger partial charge in [0.15, 0.2) is 0 Å². The molecule has 1 nitrogen and oxygen atoms in total. The number of thiazole rings is 1. The fraction of sp³-hybridized carbons (Fsp3) is 0. The highest BCUT2D eigenvalue weighted by Crippen LogP contribution is 2.31. The first-order valence-electron chi connectivity index (χ1n) is 5.80. The van der Waals surface area contributed by atoms with Gasteiger partial charge in [-0.1, -0.05) is 39.7 Å². The first-order valence-corrected chi connectivity index (χ1v) is 7.85. The molecule has 0 spiro atoms. The fourth-order valence-corrected chi connectivity index (χ4v) is 3.22. The topological polar surface area (TPSA) is 12.9 Å². The van der Waals surface area contributed by atoms with Crippen molar-refractivity contribution in [2.75, 3.05) is 0 Å². The van der Waals surface area contributed by atoms with E-state index >= 15 is 0 Å².